The van der Waals surface area contributed by atoms with Crippen LogP contribution in [-0.4, -0.2) is 43.9 Å². The third kappa shape index (κ3) is 5.40. The molecule has 1 amide bonds. The number of ether oxygens (including phenoxy) is 1. The molecule has 1 unspecified atom stereocenters. The van der Waals surface area contributed by atoms with Crippen LogP contribution in [0.4, 0.5) is 5.69 Å². The van der Waals surface area contributed by atoms with E-state index in [0.29, 0.717) is 17.3 Å². The molecule has 0 fully saturated rings. The van der Waals surface area contributed by atoms with Gasteiger partial charge in [-0.05, 0) is 55.8 Å². The molecular weight excluding hydrogens is 420 g/mol. The lowest BCUT2D eigenvalue weighted by molar-refractivity contribution is -0.122. The molecule has 0 saturated heterocycles. The number of hydrogen-bond acceptors (Lipinski definition) is 7. The van der Waals surface area contributed by atoms with Gasteiger partial charge in [0.2, 0.25) is 27.6 Å². The van der Waals surface area contributed by atoms with Gasteiger partial charge in [0.15, 0.2) is 0 Å². The molecule has 0 saturated carbocycles. The first-order valence-corrected chi connectivity index (χ1v) is 11.3. The lowest BCUT2D eigenvalue weighted by Gasteiger charge is -2.28. The Balaban J connectivity index is 1.70. The number of methoxy groups -OCH3 is 1. The van der Waals surface area contributed by atoms with Crippen LogP contribution in [0, 0.1) is 6.92 Å². The van der Waals surface area contributed by atoms with Gasteiger partial charge in [-0.2, -0.15) is 4.98 Å². The van der Waals surface area contributed by atoms with Crippen LogP contribution in [0.3, 0.4) is 0 Å². The van der Waals surface area contributed by atoms with Gasteiger partial charge < -0.3 is 14.6 Å². The van der Waals surface area contributed by atoms with Crippen LogP contribution in [0.25, 0.3) is 11.4 Å². The number of anilines is 1. The molecule has 1 aromatic heterocycles. The Labute approximate surface area is 181 Å². The highest BCUT2D eigenvalue weighted by molar-refractivity contribution is 7.92. The number of hydrogen-bond donors (Lipinski definition) is 1. The Bertz CT molecular complexity index is 1160. The van der Waals surface area contributed by atoms with E-state index in [0.717, 1.165) is 21.7 Å². The molecular formula is C21H24N4O5S. The number of carbonyl (C=O) groups is 1. The summed E-state index contributed by atoms with van der Waals surface area (Å²) in [5.74, 6) is 0.791. The number of amides is 1. The fraction of sp³-hybridized carbons (Fsp3) is 0.286. The maximum Gasteiger partial charge on any atom is 0.246 e. The predicted octanol–water partition coefficient (Wildman–Crippen LogP) is 2.52. The molecule has 31 heavy (non-hydrogen) atoms. The van der Waals surface area contributed by atoms with Crippen LogP contribution in [0.1, 0.15) is 18.4 Å². The van der Waals surface area contributed by atoms with Crippen molar-refractivity contribution in [3.8, 4) is 17.1 Å². The second-order valence-electron chi connectivity index (χ2n) is 7.03. The van der Waals surface area contributed by atoms with Crippen LogP contribution >= 0.6 is 0 Å². The summed E-state index contributed by atoms with van der Waals surface area (Å²) < 4.78 is 36.1. The highest BCUT2D eigenvalue weighted by atomic mass is 32.2. The van der Waals surface area contributed by atoms with E-state index in [1.54, 1.807) is 49.6 Å². The summed E-state index contributed by atoms with van der Waals surface area (Å²) in [5.41, 5.74) is 2.04. The summed E-state index contributed by atoms with van der Waals surface area (Å²) in [6.45, 7) is 3.34. The first-order chi connectivity index (χ1) is 14.7. The number of nitrogens with zero attached hydrogens (tertiary/aromatic N) is 3. The van der Waals surface area contributed by atoms with Gasteiger partial charge in [-0.25, -0.2) is 8.42 Å². The van der Waals surface area contributed by atoms with Crippen molar-refractivity contribution < 1.29 is 22.5 Å². The van der Waals surface area contributed by atoms with Crippen molar-refractivity contribution in [2.24, 2.45) is 0 Å². The normalized spacial score (nSPS) is 12.3. The molecule has 0 bridgehead atoms. The van der Waals surface area contributed by atoms with Gasteiger partial charge >= 0.3 is 0 Å². The fourth-order valence-electron chi connectivity index (χ4n) is 3.07. The third-order valence-corrected chi connectivity index (χ3v) is 5.82. The van der Waals surface area contributed by atoms with Crippen LogP contribution in [0.15, 0.2) is 53.1 Å². The molecule has 0 aliphatic carbocycles. The minimum absolute atomic E-state index is 0.0300. The summed E-state index contributed by atoms with van der Waals surface area (Å²) in [6.07, 6.45) is 1.07. The standard InChI is InChI=1S/C21H24N4O5S/c1-14-6-5-7-17(12-14)25(31(4,27)28)15(2)21(26)22-13-19-23-20(24-30-19)16-8-10-18(29-3)11-9-16/h5-12,15H,13H2,1-4H3,(H,22,26). The largest absolute Gasteiger partial charge is 0.497 e. The van der Waals surface area contributed by atoms with E-state index in [2.05, 4.69) is 15.5 Å². The van der Waals surface area contributed by atoms with E-state index in [4.69, 9.17) is 9.26 Å². The van der Waals surface area contributed by atoms with Crippen LogP contribution in [0.2, 0.25) is 0 Å². The Morgan fingerprint density at radius 2 is 1.94 bits per heavy atom. The number of sulfonamides is 1. The fourth-order valence-corrected chi connectivity index (χ4v) is 4.23. The molecule has 1 heterocycles. The molecule has 3 rings (SSSR count). The summed E-state index contributed by atoms with van der Waals surface area (Å²) in [7, 11) is -2.11. The van der Waals surface area contributed by atoms with Gasteiger partial charge in [-0.15, -0.1) is 0 Å². The zero-order chi connectivity index (χ0) is 22.6. The molecule has 0 radical (unpaired) electrons. The average Bonchev–Trinajstić information content (AvgIpc) is 3.20. The number of aryl methyl sites for hydroxylation is 1. The number of carbonyl (C=O) groups excluding carboxylic acids is 1. The maximum atomic E-state index is 12.7. The molecule has 10 heteroatoms. The number of nitrogens with one attached hydrogen (secondary N) is 1. The zero-order valence-electron chi connectivity index (χ0n) is 17.7. The molecule has 9 nitrogen and oxygen atoms in total. The van der Waals surface area contributed by atoms with Gasteiger partial charge in [0, 0.05) is 5.56 Å². The first kappa shape index (κ1) is 22.3. The Morgan fingerprint density at radius 1 is 1.23 bits per heavy atom. The van der Waals surface area contributed by atoms with E-state index in [9.17, 15) is 13.2 Å². The van der Waals surface area contributed by atoms with Crippen molar-refractivity contribution in [1.82, 2.24) is 15.5 Å². The van der Waals surface area contributed by atoms with E-state index in [1.807, 2.05) is 13.0 Å². The van der Waals surface area contributed by atoms with E-state index in [1.165, 1.54) is 6.92 Å². The van der Waals surface area contributed by atoms with Crippen molar-refractivity contribution in [3.63, 3.8) is 0 Å². The lowest BCUT2D eigenvalue weighted by atomic mass is 10.2. The zero-order valence-corrected chi connectivity index (χ0v) is 18.5. The van der Waals surface area contributed by atoms with E-state index >= 15 is 0 Å². The first-order valence-electron chi connectivity index (χ1n) is 9.50. The van der Waals surface area contributed by atoms with Gasteiger partial charge in [0.1, 0.15) is 11.8 Å². The smallest absolute Gasteiger partial charge is 0.246 e. The Hall–Kier alpha value is -3.40. The van der Waals surface area contributed by atoms with Gasteiger partial charge in [-0.3, -0.25) is 9.10 Å². The number of benzene rings is 2. The van der Waals surface area contributed by atoms with Crippen LogP contribution in [-0.2, 0) is 21.4 Å². The van der Waals surface area contributed by atoms with Gasteiger partial charge in [0.05, 0.1) is 25.6 Å². The molecule has 3 aromatic rings. The Morgan fingerprint density at radius 3 is 2.55 bits per heavy atom. The monoisotopic (exact) mass is 444 g/mol. The summed E-state index contributed by atoms with van der Waals surface area (Å²) in [4.78, 5) is 17.0. The van der Waals surface area contributed by atoms with Crippen molar-refractivity contribution >= 4 is 21.6 Å². The maximum absolute atomic E-state index is 12.7. The average molecular weight is 445 g/mol. The highest BCUT2D eigenvalue weighted by Gasteiger charge is 2.29. The van der Waals surface area contributed by atoms with Crippen molar-refractivity contribution in [2.45, 2.75) is 26.4 Å². The highest BCUT2D eigenvalue weighted by Crippen LogP contribution is 2.22. The van der Waals surface area contributed by atoms with Crippen molar-refractivity contribution in [2.75, 3.05) is 17.7 Å². The molecule has 1 N–H and O–H groups in total. The second-order valence-corrected chi connectivity index (χ2v) is 8.89. The van der Waals surface area contributed by atoms with E-state index < -0.39 is 22.0 Å². The SMILES string of the molecule is COc1ccc(-c2noc(CNC(=O)C(C)N(c3cccc(C)c3)S(C)(=O)=O)n2)cc1. The molecule has 2 aromatic carbocycles. The van der Waals surface area contributed by atoms with Crippen molar-refractivity contribution in [3.05, 3.63) is 60.0 Å². The minimum atomic E-state index is -3.69. The van der Waals surface area contributed by atoms with E-state index in [-0.39, 0.29) is 12.4 Å². The topological polar surface area (TPSA) is 115 Å². The molecule has 0 aliphatic rings. The number of rotatable bonds is 8. The second kappa shape index (κ2) is 9.17. The Kier molecular flexibility index (Phi) is 6.59. The lowest BCUT2D eigenvalue weighted by Crippen LogP contribution is -2.47. The third-order valence-electron chi connectivity index (χ3n) is 4.57. The molecule has 0 aliphatic heterocycles. The quantitative estimate of drug-likeness (QED) is 0.568. The van der Waals surface area contributed by atoms with Crippen LogP contribution in [0.5, 0.6) is 5.75 Å². The van der Waals surface area contributed by atoms with Crippen LogP contribution < -0.4 is 14.4 Å². The van der Waals surface area contributed by atoms with Gasteiger partial charge in [-0.1, -0.05) is 17.3 Å². The number of aromatic nitrogens is 2. The summed E-state index contributed by atoms with van der Waals surface area (Å²) in [5, 5.41) is 6.57. The summed E-state index contributed by atoms with van der Waals surface area (Å²) >= 11 is 0. The molecule has 164 valence electrons. The molecule has 1 atom stereocenters. The molecule has 0 spiro atoms. The van der Waals surface area contributed by atoms with Crippen molar-refractivity contribution in [1.29, 1.82) is 0 Å². The predicted molar refractivity (Wildman–Crippen MR) is 116 cm³/mol. The minimum Gasteiger partial charge on any atom is -0.497 e. The summed E-state index contributed by atoms with van der Waals surface area (Å²) in [6, 6.07) is 13.1. The van der Waals surface area contributed by atoms with Gasteiger partial charge in [0.25, 0.3) is 0 Å².